The Morgan fingerprint density at radius 3 is 2.37 bits per heavy atom. The van der Waals surface area contributed by atoms with E-state index in [1.807, 2.05) is 0 Å². The molecule has 0 aliphatic carbocycles. The maximum Gasteiger partial charge on any atom is 0.374 e. The first-order chi connectivity index (χ1) is 8.70. The molecule has 5 heteroatoms. The molecule has 4 nitrogen and oxygen atoms in total. The molecule has 19 heavy (non-hydrogen) atoms. The van der Waals surface area contributed by atoms with Crippen LogP contribution in [0.3, 0.4) is 0 Å². The third kappa shape index (κ3) is 4.87. The second-order valence-corrected chi connectivity index (χ2v) is 5.73. The summed E-state index contributed by atoms with van der Waals surface area (Å²) in [5.74, 6) is -2.11. The standard InChI is InChI=1S/C14H15BrO4/c1-14(2,3)19-13(18)12(17)8-11(16)9-6-4-5-7-10(9)15/h4-8,17H,1-3H3/b12-8-. The average Bonchev–Trinajstić information content (AvgIpc) is 2.27. The third-order valence-corrected chi connectivity index (χ3v) is 2.71. The van der Waals surface area contributed by atoms with Gasteiger partial charge in [-0.25, -0.2) is 4.79 Å². The number of esters is 1. The lowest BCUT2D eigenvalue weighted by atomic mass is 10.1. The highest BCUT2D eigenvalue weighted by atomic mass is 79.9. The van der Waals surface area contributed by atoms with Crippen LogP contribution in [0.2, 0.25) is 0 Å². The van der Waals surface area contributed by atoms with Crippen LogP contribution in [-0.4, -0.2) is 22.5 Å². The lowest BCUT2D eigenvalue weighted by molar-refractivity contribution is -0.153. The lowest BCUT2D eigenvalue weighted by Gasteiger charge is -2.18. The number of ketones is 1. The summed E-state index contributed by atoms with van der Waals surface area (Å²) in [6.07, 6.45) is 0.855. The predicted octanol–water partition coefficient (Wildman–Crippen LogP) is 3.42. The van der Waals surface area contributed by atoms with Gasteiger partial charge in [0.25, 0.3) is 0 Å². The first-order valence-electron chi connectivity index (χ1n) is 5.63. The molecular formula is C14H15BrO4. The topological polar surface area (TPSA) is 63.6 Å². The van der Waals surface area contributed by atoms with Gasteiger partial charge in [0.2, 0.25) is 5.76 Å². The number of ether oxygens (including phenoxy) is 1. The van der Waals surface area contributed by atoms with E-state index in [9.17, 15) is 14.7 Å². The number of rotatable bonds is 3. The Kier molecular flexibility index (Phi) is 4.89. The van der Waals surface area contributed by atoms with Gasteiger partial charge in [0.1, 0.15) is 5.60 Å². The summed E-state index contributed by atoms with van der Waals surface area (Å²) >= 11 is 3.22. The van der Waals surface area contributed by atoms with E-state index in [1.54, 1.807) is 45.0 Å². The fourth-order valence-corrected chi connectivity index (χ4v) is 1.73. The van der Waals surface area contributed by atoms with Crippen LogP contribution in [0.1, 0.15) is 31.1 Å². The molecule has 0 heterocycles. The van der Waals surface area contributed by atoms with Crippen LogP contribution in [0.25, 0.3) is 0 Å². The molecule has 102 valence electrons. The molecule has 0 aliphatic heterocycles. The fourth-order valence-electron chi connectivity index (χ4n) is 1.25. The van der Waals surface area contributed by atoms with Gasteiger partial charge in [-0.05, 0) is 32.9 Å². The van der Waals surface area contributed by atoms with Crippen LogP contribution in [0.5, 0.6) is 0 Å². The van der Waals surface area contributed by atoms with Crippen molar-refractivity contribution in [3.05, 3.63) is 46.1 Å². The third-order valence-electron chi connectivity index (χ3n) is 2.02. The van der Waals surface area contributed by atoms with E-state index in [1.165, 1.54) is 0 Å². The van der Waals surface area contributed by atoms with Crippen LogP contribution in [0, 0.1) is 0 Å². The molecule has 0 saturated carbocycles. The number of allylic oxidation sites excluding steroid dienone is 1. The highest BCUT2D eigenvalue weighted by molar-refractivity contribution is 9.10. The number of benzene rings is 1. The van der Waals surface area contributed by atoms with E-state index in [0.717, 1.165) is 6.08 Å². The van der Waals surface area contributed by atoms with Gasteiger partial charge in [0.05, 0.1) is 0 Å². The van der Waals surface area contributed by atoms with Gasteiger partial charge in [-0.3, -0.25) is 4.79 Å². The normalized spacial score (nSPS) is 12.1. The van der Waals surface area contributed by atoms with Gasteiger partial charge in [0, 0.05) is 16.1 Å². The SMILES string of the molecule is CC(C)(C)OC(=O)/C(O)=C/C(=O)c1ccccc1Br. The molecule has 0 aromatic heterocycles. The quantitative estimate of drug-likeness (QED) is 0.400. The summed E-state index contributed by atoms with van der Waals surface area (Å²) in [6.45, 7) is 5.02. The summed E-state index contributed by atoms with van der Waals surface area (Å²) < 4.78 is 5.54. The Bertz CT molecular complexity index is 526. The first kappa shape index (κ1) is 15.4. The number of carbonyl (C=O) groups is 2. The van der Waals surface area contributed by atoms with Crippen molar-refractivity contribution in [2.45, 2.75) is 26.4 Å². The summed E-state index contributed by atoms with van der Waals surface area (Å²) in [4.78, 5) is 23.4. The highest BCUT2D eigenvalue weighted by Crippen LogP contribution is 2.17. The number of hydrogen-bond acceptors (Lipinski definition) is 4. The minimum Gasteiger partial charge on any atom is -0.502 e. The van der Waals surface area contributed by atoms with Gasteiger partial charge in [-0.1, -0.05) is 28.1 Å². The van der Waals surface area contributed by atoms with Crippen molar-refractivity contribution >= 4 is 27.7 Å². The fraction of sp³-hybridized carbons (Fsp3) is 0.286. The smallest absolute Gasteiger partial charge is 0.374 e. The van der Waals surface area contributed by atoms with Crippen LogP contribution in [-0.2, 0) is 9.53 Å². The summed E-state index contributed by atoms with van der Waals surface area (Å²) in [7, 11) is 0. The zero-order valence-corrected chi connectivity index (χ0v) is 12.5. The van der Waals surface area contributed by atoms with Crippen molar-refractivity contribution in [3.8, 4) is 0 Å². The van der Waals surface area contributed by atoms with Gasteiger partial charge in [0.15, 0.2) is 5.78 Å². The van der Waals surface area contributed by atoms with Crippen LogP contribution < -0.4 is 0 Å². The predicted molar refractivity (Wildman–Crippen MR) is 75.0 cm³/mol. The Labute approximate surface area is 120 Å². The Morgan fingerprint density at radius 1 is 1.26 bits per heavy atom. The molecule has 0 radical (unpaired) electrons. The van der Waals surface area contributed by atoms with Crippen molar-refractivity contribution < 1.29 is 19.4 Å². The summed E-state index contributed by atoms with van der Waals surface area (Å²) in [5.41, 5.74) is -0.368. The Hall–Kier alpha value is -1.62. The maximum absolute atomic E-state index is 11.9. The first-order valence-corrected chi connectivity index (χ1v) is 6.43. The van der Waals surface area contributed by atoms with Crippen molar-refractivity contribution in [2.24, 2.45) is 0 Å². The highest BCUT2D eigenvalue weighted by Gasteiger charge is 2.20. The van der Waals surface area contributed by atoms with Crippen molar-refractivity contribution in [1.82, 2.24) is 0 Å². The largest absolute Gasteiger partial charge is 0.502 e. The molecule has 0 unspecified atom stereocenters. The zero-order valence-electron chi connectivity index (χ0n) is 10.9. The van der Waals surface area contributed by atoms with Gasteiger partial charge in [-0.2, -0.15) is 0 Å². The minimum absolute atomic E-state index is 0.359. The number of carbonyl (C=O) groups excluding carboxylic acids is 2. The molecule has 1 aromatic carbocycles. The molecule has 1 rings (SSSR count). The summed E-state index contributed by atoms with van der Waals surface area (Å²) in [5, 5.41) is 9.55. The van der Waals surface area contributed by atoms with Gasteiger partial charge >= 0.3 is 5.97 Å². The van der Waals surface area contributed by atoms with E-state index >= 15 is 0 Å². The van der Waals surface area contributed by atoms with E-state index < -0.39 is 23.1 Å². The van der Waals surface area contributed by atoms with E-state index in [2.05, 4.69) is 15.9 Å². The molecular weight excluding hydrogens is 312 g/mol. The van der Waals surface area contributed by atoms with Crippen molar-refractivity contribution in [2.75, 3.05) is 0 Å². The maximum atomic E-state index is 11.9. The molecule has 0 aliphatic rings. The van der Waals surface area contributed by atoms with Crippen LogP contribution in [0.4, 0.5) is 0 Å². The van der Waals surface area contributed by atoms with Gasteiger partial charge in [-0.15, -0.1) is 0 Å². The molecule has 0 bridgehead atoms. The monoisotopic (exact) mass is 326 g/mol. The number of aliphatic hydroxyl groups is 1. The molecule has 0 saturated heterocycles. The molecule has 1 aromatic rings. The second-order valence-electron chi connectivity index (χ2n) is 4.88. The molecule has 0 amide bonds. The zero-order chi connectivity index (χ0) is 14.6. The Balaban J connectivity index is 2.88. The van der Waals surface area contributed by atoms with E-state index in [0.29, 0.717) is 10.0 Å². The number of hydrogen-bond donors (Lipinski definition) is 1. The summed E-state index contributed by atoms with van der Waals surface area (Å²) in [6, 6.07) is 6.74. The molecule has 0 fully saturated rings. The van der Waals surface area contributed by atoms with Crippen LogP contribution >= 0.6 is 15.9 Å². The second kappa shape index (κ2) is 6.02. The number of halogens is 1. The van der Waals surface area contributed by atoms with E-state index in [-0.39, 0.29) is 0 Å². The minimum atomic E-state index is -0.923. The van der Waals surface area contributed by atoms with Gasteiger partial charge < -0.3 is 9.84 Å². The van der Waals surface area contributed by atoms with Crippen LogP contribution in [0.15, 0.2) is 40.6 Å². The molecule has 0 spiro atoms. The average molecular weight is 327 g/mol. The van der Waals surface area contributed by atoms with E-state index in [4.69, 9.17) is 4.74 Å². The lowest BCUT2D eigenvalue weighted by Crippen LogP contribution is -2.25. The molecule has 0 atom stereocenters. The Morgan fingerprint density at radius 2 is 1.84 bits per heavy atom. The number of aliphatic hydroxyl groups excluding tert-OH is 1. The van der Waals surface area contributed by atoms with Crippen molar-refractivity contribution in [1.29, 1.82) is 0 Å². The molecule has 1 N–H and O–H groups in total. The van der Waals surface area contributed by atoms with Crippen molar-refractivity contribution in [3.63, 3.8) is 0 Å².